The fraction of sp³-hybridized carbons (Fsp3) is 0.321. The Hall–Kier alpha value is -3.74. The number of primary amides is 1. The largest absolute Gasteiger partial charge is 0.484 e. The molecule has 1 amide bonds. The van der Waals surface area contributed by atoms with Crippen molar-refractivity contribution in [2.45, 2.75) is 25.7 Å². The highest BCUT2D eigenvalue weighted by Crippen LogP contribution is 2.39. The summed E-state index contributed by atoms with van der Waals surface area (Å²) in [4.78, 5) is 26.1. The van der Waals surface area contributed by atoms with Crippen molar-refractivity contribution in [2.24, 2.45) is 5.73 Å². The molecule has 2 N–H and O–H groups in total. The molecule has 1 atom stereocenters. The zero-order chi connectivity index (χ0) is 28.4. The van der Waals surface area contributed by atoms with Crippen LogP contribution >= 0.6 is 11.3 Å². The Morgan fingerprint density at radius 3 is 2.60 bits per heavy atom. The number of piperazine rings is 1. The maximum Gasteiger partial charge on any atom is 0.416 e. The highest BCUT2D eigenvalue weighted by molar-refractivity contribution is 7.16. The number of ether oxygens (including phenoxy) is 1. The van der Waals surface area contributed by atoms with Crippen molar-refractivity contribution in [1.29, 1.82) is 0 Å². The van der Waals surface area contributed by atoms with Crippen molar-refractivity contribution in [1.82, 2.24) is 24.3 Å². The molecule has 0 unspecified atom stereocenters. The van der Waals surface area contributed by atoms with Crippen LogP contribution in [0.3, 0.4) is 0 Å². The predicted octanol–water partition coefficient (Wildman–Crippen LogP) is 5.04. The van der Waals surface area contributed by atoms with Gasteiger partial charge in [-0.15, -0.1) is 17.9 Å². The summed E-state index contributed by atoms with van der Waals surface area (Å²) >= 11 is 1.09. The number of carbonyl (C=O) groups is 1. The van der Waals surface area contributed by atoms with Gasteiger partial charge in [0.15, 0.2) is 0 Å². The molecule has 4 heterocycles. The Bertz CT molecular complexity index is 1520. The monoisotopic (exact) mass is 570 g/mol. The topological polar surface area (TPSA) is 89.5 Å². The number of pyridine rings is 1. The van der Waals surface area contributed by atoms with Gasteiger partial charge < -0.3 is 10.5 Å². The van der Waals surface area contributed by atoms with Gasteiger partial charge in [-0.1, -0.05) is 24.3 Å². The average molecular weight is 571 g/mol. The van der Waals surface area contributed by atoms with Crippen molar-refractivity contribution in [3.63, 3.8) is 0 Å². The lowest BCUT2D eigenvalue weighted by Gasteiger charge is -2.33. The van der Waals surface area contributed by atoms with E-state index in [4.69, 9.17) is 10.5 Å². The van der Waals surface area contributed by atoms with Gasteiger partial charge in [0, 0.05) is 50.9 Å². The smallest absolute Gasteiger partial charge is 0.416 e. The highest BCUT2D eigenvalue weighted by atomic mass is 32.1. The maximum absolute atomic E-state index is 13.6. The second-order valence-electron chi connectivity index (χ2n) is 9.63. The lowest BCUT2D eigenvalue weighted by Crippen LogP contribution is -2.45. The molecule has 0 aliphatic carbocycles. The van der Waals surface area contributed by atoms with E-state index < -0.39 is 23.8 Å². The van der Waals surface area contributed by atoms with Crippen molar-refractivity contribution in [3.05, 3.63) is 83.3 Å². The molecule has 0 bridgehead atoms. The first-order valence-electron chi connectivity index (χ1n) is 12.8. The van der Waals surface area contributed by atoms with Gasteiger partial charge in [0.2, 0.25) is 0 Å². The number of hydrogen-bond donors (Lipinski definition) is 1. The van der Waals surface area contributed by atoms with E-state index in [1.54, 1.807) is 23.2 Å². The SMILES string of the molecule is C=CCN1CCN(Cc2cc3c(cn2)ncn3-c2cc(O[C@H](C)c3ccccc3C(F)(F)F)c(C(N)=O)s2)CC1. The quantitative estimate of drug-likeness (QED) is 0.284. The number of fused-ring (bicyclic) bond motifs is 1. The predicted molar refractivity (Wildman–Crippen MR) is 148 cm³/mol. The zero-order valence-electron chi connectivity index (χ0n) is 21.9. The van der Waals surface area contributed by atoms with Gasteiger partial charge >= 0.3 is 6.18 Å². The first-order chi connectivity index (χ1) is 19.1. The third-order valence-electron chi connectivity index (χ3n) is 6.88. The molecule has 40 heavy (non-hydrogen) atoms. The number of amides is 1. The number of thiophene rings is 1. The van der Waals surface area contributed by atoms with Crippen LogP contribution in [-0.4, -0.2) is 63.0 Å². The molecule has 1 fully saturated rings. The van der Waals surface area contributed by atoms with E-state index in [0.29, 0.717) is 17.1 Å². The summed E-state index contributed by atoms with van der Waals surface area (Å²) in [7, 11) is 0. The maximum atomic E-state index is 13.6. The Kier molecular flexibility index (Phi) is 7.92. The van der Waals surface area contributed by atoms with Gasteiger partial charge in [-0.25, -0.2) is 4.98 Å². The van der Waals surface area contributed by atoms with Crippen LogP contribution in [0.4, 0.5) is 13.2 Å². The lowest BCUT2D eigenvalue weighted by molar-refractivity contribution is -0.139. The van der Waals surface area contributed by atoms with Crippen LogP contribution in [0.25, 0.3) is 16.0 Å². The number of alkyl halides is 3. The van der Waals surface area contributed by atoms with Crippen LogP contribution in [0, 0.1) is 0 Å². The molecule has 210 valence electrons. The number of imidazole rings is 1. The summed E-state index contributed by atoms with van der Waals surface area (Å²) in [6.45, 7) is 10.7. The van der Waals surface area contributed by atoms with E-state index in [0.717, 1.165) is 61.3 Å². The van der Waals surface area contributed by atoms with E-state index in [1.165, 1.54) is 25.1 Å². The molecular formula is C28H29F3N6O2S. The van der Waals surface area contributed by atoms with Gasteiger partial charge in [-0.3, -0.25) is 24.1 Å². The van der Waals surface area contributed by atoms with Crippen LogP contribution in [0.15, 0.2) is 61.6 Å². The van der Waals surface area contributed by atoms with Gasteiger partial charge in [0.05, 0.1) is 23.0 Å². The second kappa shape index (κ2) is 11.4. The molecule has 8 nitrogen and oxygen atoms in total. The molecule has 0 spiro atoms. The number of aromatic nitrogens is 3. The summed E-state index contributed by atoms with van der Waals surface area (Å²) in [5.74, 6) is -0.615. The van der Waals surface area contributed by atoms with Crippen LogP contribution in [0.1, 0.15) is 39.5 Å². The number of hydrogen-bond acceptors (Lipinski definition) is 7. The Morgan fingerprint density at radius 1 is 1.18 bits per heavy atom. The van der Waals surface area contributed by atoms with Crippen molar-refractivity contribution >= 4 is 28.3 Å². The van der Waals surface area contributed by atoms with Crippen LogP contribution in [0.2, 0.25) is 0 Å². The lowest BCUT2D eigenvalue weighted by atomic mass is 10.0. The number of rotatable bonds is 9. The Labute approximate surface area is 233 Å². The van der Waals surface area contributed by atoms with Crippen molar-refractivity contribution < 1.29 is 22.7 Å². The van der Waals surface area contributed by atoms with E-state index in [-0.39, 0.29) is 16.2 Å². The highest BCUT2D eigenvalue weighted by Gasteiger charge is 2.35. The third kappa shape index (κ3) is 5.88. The minimum Gasteiger partial charge on any atom is -0.484 e. The summed E-state index contributed by atoms with van der Waals surface area (Å²) in [5, 5.41) is 0.595. The molecule has 5 rings (SSSR count). The summed E-state index contributed by atoms with van der Waals surface area (Å²) < 4.78 is 48.4. The minimum atomic E-state index is -4.54. The van der Waals surface area contributed by atoms with Crippen molar-refractivity contribution in [3.8, 4) is 10.8 Å². The molecule has 1 aliphatic rings. The van der Waals surface area contributed by atoms with E-state index in [2.05, 4.69) is 26.3 Å². The molecule has 1 aliphatic heterocycles. The standard InChI is InChI=1S/C28H29F3N6O2S/c1-3-8-35-9-11-36(12-10-35)16-19-13-23-22(15-33-19)34-17-37(23)25-14-24(26(40-25)27(32)38)39-18(2)20-6-4-5-7-21(20)28(29,30)31/h3-7,13-15,17-18H,1,8-12,16H2,2H3,(H2,32,38)/t18-/m1/s1. The van der Waals surface area contributed by atoms with Gasteiger partial charge in [0.25, 0.3) is 5.91 Å². The van der Waals surface area contributed by atoms with E-state index >= 15 is 0 Å². The van der Waals surface area contributed by atoms with Crippen molar-refractivity contribution in [2.75, 3.05) is 32.7 Å². The van der Waals surface area contributed by atoms with E-state index in [9.17, 15) is 18.0 Å². The van der Waals surface area contributed by atoms with E-state index in [1.807, 2.05) is 12.1 Å². The van der Waals surface area contributed by atoms with Crippen LogP contribution < -0.4 is 10.5 Å². The third-order valence-corrected chi connectivity index (χ3v) is 8.01. The summed E-state index contributed by atoms with van der Waals surface area (Å²) in [6.07, 6.45) is -0.279. The van der Waals surface area contributed by atoms with Gasteiger partial charge in [-0.05, 0) is 19.1 Å². The summed E-state index contributed by atoms with van der Waals surface area (Å²) in [6, 6.07) is 8.79. The number of nitrogens with two attached hydrogens (primary N) is 1. The molecule has 1 saturated heterocycles. The molecule has 4 aromatic rings. The zero-order valence-corrected chi connectivity index (χ0v) is 22.7. The number of nitrogens with zero attached hydrogens (tertiary/aromatic N) is 5. The minimum absolute atomic E-state index is 0.0349. The van der Waals surface area contributed by atoms with Gasteiger partial charge in [0.1, 0.15) is 33.6 Å². The molecule has 3 aromatic heterocycles. The molecule has 12 heteroatoms. The molecule has 1 aromatic carbocycles. The Balaban J connectivity index is 1.40. The average Bonchev–Trinajstić information content (AvgIpc) is 3.53. The number of carbonyl (C=O) groups excluding carboxylic acids is 1. The number of halogens is 3. The first-order valence-corrected chi connectivity index (χ1v) is 13.6. The second-order valence-corrected chi connectivity index (χ2v) is 10.7. The fourth-order valence-electron chi connectivity index (χ4n) is 4.86. The number of benzene rings is 1. The van der Waals surface area contributed by atoms with Crippen LogP contribution in [0.5, 0.6) is 5.75 Å². The molecular weight excluding hydrogens is 541 g/mol. The Morgan fingerprint density at radius 2 is 1.90 bits per heavy atom. The molecule has 0 saturated carbocycles. The fourth-order valence-corrected chi connectivity index (χ4v) is 5.79. The normalized spacial score (nSPS) is 15.8. The molecule has 0 radical (unpaired) electrons. The van der Waals surface area contributed by atoms with Crippen LogP contribution in [-0.2, 0) is 12.7 Å². The summed E-state index contributed by atoms with van der Waals surface area (Å²) in [5.41, 5.74) is 7.14. The van der Waals surface area contributed by atoms with Gasteiger partial charge in [-0.2, -0.15) is 13.2 Å². The first kappa shape index (κ1) is 27.8.